The fraction of sp³-hybridized carbons (Fsp3) is 0.118. The van der Waals surface area contributed by atoms with Crippen LogP contribution in [0.3, 0.4) is 0 Å². The van der Waals surface area contributed by atoms with Crippen LogP contribution in [0.15, 0.2) is 40.8 Å². The second kappa shape index (κ2) is 6.53. The minimum Gasteiger partial charge on any atom is -0.315 e. The van der Waals surface area contributed by atoms with Gasteiger partial charge in [-0.2, -0.15) is 4.99 Å². The summed E-state index contributed by atoms with van der Waals surface area (Å²) in [7, 11) is 0. The first-order valence-corrected chi connectivity index (χ1v) is 9.93. The Morgan fingerprint density at radius 2 is 2.04 bits per heavy atom. The van der Waals surface area contributed by atoms with Crippen molar-refractivity contribution in [2.75, 3.05) is 0 Å². The van der Waals surface area contributed by atoms with Crippen LogP contribution in [-0.4, -0.2) is 15.5 Å². The van der Waals surface area contributed by atoms with Crippen LogP contribution in [0.2, 0.25) is 10.0 Å². The van der Waals surface area contributed by atoms with Crippen molar-refractivity contribution in [3.8, 4) is 0 Å². The Morgan fingerprint density at radius 3 is 2.84 bits per heavy atom. The number of carbonyl (C=O) groups is 1. The maximum Gasteiger partial charge on any atom is 0.279 e. The molecule has 0 unspecified atom stereocenters. The Kier molecular flexibility index (Phi) is 4.37. The number of carbonyl (C=O) groups excluding carboxylic acids is 1. The monoisotopic (exact) mass is 407 g/mol. The van der Waals surface area contributed by atoms with E-state index in [0.717, 1.165) is 20.4 Å². The molecule has 0 aliphatic heterocycles. The Morgan fingerprint density at radius 1 is 1.24 bits per heavy atom. The summed E-state index contributed by atoms with van der Waals surface area (Å²) in [6, 6.07) is 8.92. The van der Waals surface area contributed by atoms with E-state index in [1.807, 2.05) is 23.6 Å². The van der Waals surface area contributed by atoms with E-state index in [0.29, 0.717) is 27.0 Å². The number of amides is 1. The first kappa shape index (κ1) is 16.7. The first-order valence-electron chi connectivity index (χ1n) is 7.48. The number of thiazole rings is 2. The topological polar surface area (TPSA) is 47.2 Å². The summed E-state index contributed by atoms with van der Waals surface area (Å²) in [5.74, 6) is -0.295. The largest absolute Gasteiger partial charge is 0.315 e. The molecule has 0 spiro atoms. The first-order chi connectivity index (χ1) is 12.1. The van der Waals surface area contributed by atoms with Crippen LogP contribution >= 0.6 is 45.9 Å². The Hall–Kier alpha value is -1.73. The molecule has 0 aliphatic carbocycles. The van der Waals surface area contributed by atoms with Crippen LogP contribution in [0.1, 0.15) is 17.3 Å². The number of nitrogens with zero attached hydrogens (tertiary/aromatic N) is 3. The fourth-order valence-electron chi connectivity index (χ4n) is 2.63. The maximum absolute atomic E-state index is 12.6. The number of hydrogen-bond donors (Lipinski definition) is 0. The molecule has 126 valence electrons. The molecule has 0 saturated heterocycles. The smallest absolute Gasteiger partial charge is 0.279 e. The lowest BCUT2D eigenvalue weighted by atomic mass is 10.2. The third kappa shape index (κ3) is 2.89. The van der Waals surface area contributed by atoms with Crippen LogP contribution in [0.4, 0.5) is 0 Å². The van der Waals surface area contributed by atoms with Gasteiger partial charge in [-0.05, 0) is 37.3 Å². The number of halogens is 2. The number of hydrogen-bond acceptors (Lipinski definition) is 4. The predicted molar refractivity (Wildman–Crippen MR) is 105 cm³/mol. The van der Waals surface area contributed by atoms with Crippen LogP contribution in [0.25, 0.3) is 20.4 Å². The highest BCUT2D eigenvalue weighted by molar-refractivity contribution is 7.17. The molecule has 0 saturated carbocycles. The maximum atomic E-state index is 12.6. The van der Waals surface area contributed by atoms with E-state index in [1.54, 1.807) is 23.7 Å². The average molecular weight is 408 g/mol. The molecule has 4 nitrogen and oxygen atoms in total. The third-order valence-corrected chi connectivity index (χ3v) is 6.46. The summed E-state index contributed by atoms with van der Waals surface area (Å²) in [5.41, 5.74) is 3.99. The van der Waals surface area contributed by atoms with Crippen LogP contribution in [-0.2, 0) is 6.54 Å². The van der Waals surface area contributed by atoms with E-state index in [9.17, 15) is 4.79 Å². The molecule has 1 amide bonds. The molecule has 0 radical (unpaired) electrons. The number of rotatable bonds is 2. The van der Waals surface area contributed by atoms with E-state index in [1.165, 1.54) is 22.7 Å². The van der Waals surface area contributed by atoms with Crippen molar-refractivity contribution < 1.29 is 4.79 Å². The molecule has 4 rings (SSSR count). The predicted octanol–water partition coefficient (Wildman–Crippen LogP) is 5.38. The van der Waals surface area contributed by atoms with Crippen molar-refractivity contribution in [2.24, 2.45) is 4.99 Å². The second-order valence-electron chi connectivity index (χ2n) is 5.29. The van der Waals surface area contributed by atoms with Crippen LogP contribution < -0.4 is 4.80 Å². The fourth-order valence-corrected chi connectivity index (χ4v) is 5.05. The summed E-state index contributed by atoms with van der Waals surface area (Å²) in [4.78, 5) is 21.8. The molecule has 2 aromatic carbocycles. The number of fused-ring (bicyclic) bond motifs is 2. The quantitative estimate of drug-likeness (QED) is 0.447. The SMILES string of the molecule is CCn1c(=NC(=O)c2ccc3ncsc3c2)sc2c(Cl)ccc(Cl)c21. The summed E-state index contributed by atoms with van der Waals surface area (Å²) < 4.78 is 3.71. The van der Waals surface area contributed by atoms with Gasteiger partial charge in [0.1, 0.15) is 0 Å². The number of aryl methyl sites for hydroxylation is 1. The Labute approximate surface area is 161 Å². The summed E-state index contributed by atoms with van der Waals surface area (Å²) in [6.45, 7) is 2.62. The van der Waals surface area contributed by atoms with Gasteiger partial charge in [0, 0.05) is 12.1 Å². The minimum absolute atomic E-state index is 0.295. The van der Waals surface area contributed by atoms with Gasteiger partial charge in [0.25, 0.3) is 5.91 Å². The zero-order valence-corrected chi connectivity index (χ0v) is 16.1. The van der Waals surface area contributed by atoms with Crippen molar-refractivity contribution >= 4 is 72.2 Å². The van der Waals surface area contributed by atoms with E-state index < -0.39 is 0 Å². The summed E-state index contributed by atoms with van der Waals surface area (Å²) in [5, 5.41) is 1.20. The standard InChI is InChI=1S/C17H11Cl2N3OS2/c1-2-22-14-10(18)4-5-11(19)15(14)25-17(22)21-16(23)9-3-6-12-13(7-9)24-8-20-12/h3-8H,2H2,1H3. The molecule has 8 heteroatoms. The lowest BCUT2D eigenvalue weighted by molar-refractivity contribution is 0.0998. The van der Waals surface area contributed by atoms with Crippen LogP contribution in [0, 0.1) is 0 Å². The lowest BCUT2D eigenvalue weighted by Crippen LogP contribution is -2.16. The molecule has 2 heterocycles. The third-order valence-electron chi connectivity index (χ3n) is 3.82. The van der Waals surface area contributed by atoms with Crippen LogP contribution in [0.5, 0.6) is 0 Å². The molecule has 25 heavy (non-hydrogen) atoms. The highest BCUT2D eigenvalue weighted by Crippen LogP contribution is 2.31. The second-order valence-corrected chi connectivity index (χ2v) is 7.97. The van der Waals surface area contributed by atoms with E-state index >= 15 is 0 Å². The minimum atomic E-state index is -0.295. The van der Waals surface area contributed by atoms with Gasteiger partial charge in [0.2, 0.25) is 0 Å². The zero-order chi connectivity index (χ0) is 17.6. The van der Waals surface area contributed by atoms with E-state index in [4.69, 9.17) is 23.2 Å². The highest BCUT2D eigenvalue weighted by Gasteiger charge is 2.13. The molecule has 0 fully saturated rings. The van der Waals surface area contributed by atoms with Gasteiger partial charge in [-0.3, -0.25) is 4.79 Å². The number of benzene rings is 2. The van der Waals surface area contributed by atoms with Gasteiger partial charge in [-0.25, -0.2) is 4.98 Å². The molecule has 2 aromatic heterocycles. The van der Waals surface area contributed by atoms with E-state index in [-0.39, 0.29) is 5.91 Å². The van der Waals surface area contributed by atoms with Gasteiger partial charge >= 0.3 is 0 Å². The summed E-state index contributed by atoms with van der Waals surface area (Å²) >= 11 is 15.5. The van der Waals surface area contributed by atoms with Gasteiger partial charge in [0.05, 0.1) is 36.0 Å². The molecular formula is C17H11Cl2N3OS2. The van der Waals surface area contributed by atoms with Crippen molar-refractivity contribution in [3.63, 3.8) is 0 Å². The Bertz CT molecular complexity index is 1190. The van der Waals surface area contributed by atoms with Crippen molar-refractivity contribution in [1.82, 2.24) is 9.55 Å². The van der Waals surface area contributed by atoms with Gasteiger partial charge < -0.3 is 4.57 Å². The molecular weight excluding hydrogens is 397 g/mol. The van der Waals surface area contributed by atoms with E-state index in [2.05, 4.69) is 9.98 Å². The average Bonchev–Trinajstić information content (AvgIpc) is 3.22. The highest BCUT2D eigenvalue weighted by atomic mass is 35.5. The Balaban J connectivity index is 1.89. The molecule has 0 atom stereocenters. The normalized spacial score (nSPS) is 12.4. The molecule has 0 bridgehead atoms. The summed E-state index contributed by atoms with van der Waals surface area (Å²) in [6.07, 6.45) is 0. The van der Waals surface area contributed by atoms with Crippen molar-refractivity contribution in [2.45, 2.75) is 13.5 Å². The zero-order valence-electron chi connectivity index (χ0n) is 13.0. The molecule has 0 N–H and O–H groups in total. The van der Waals surface area contributed by atoms with Crippen molar-refractivity contribution in [3.05, 3.63) is 56.3 Å². The molecule has 4 aromatic rings. The molecule has 0 aliphatic rings. The number of aromatic nitrogens is 2. The van der Waals surface area contributed by atoms with Gasteiger partial charge in [-0.15, -0.1) is 11.3 Å². The lowest BCUT2D eigenvalue weighted by Gasteiger charge is -2.03. The van der Waals surface area contributed by atoms with Crippen molar-refractivity contribution in [1.29, 1.82) is 0 Å². The van der Waals surface area contributed by atoms with Gasteiger partial charge in [-0.1, -0.05) is 34.5 Å². The van der Waals surface area contributed by atoms with Gasteiger partial charge in [0.15, 0.2) is 4.80 Å².